The summed E-state index contributed by atoms with van der Waals surface area (Å²) in [5.41, 5.74) is 2.26. The molecule has 2 rings (SSSR count). The molecule has 2 aromatic rings. The summed E-state index contributed by atoms with van der Waals surface area (Å²) in [7, 11) is 1.67. The Balaban J connectivity index is 1.82. The third kappa shape index (κ3) is 3.82. The van der Waals surface area contributed by atoms with Gasteiger partial charge in [-0.2, -0.15) is 0 Å². The van der Waals surface area contributed by atoms with Gasteiger partial charge in [-0.3, -0.25) is 4.98 Å². The number of methoxy groups -OCH3 is 1. The highest BCUT2D eigenvalue weighted by atomic mass is 79.9. The molecule has 1 heterocycles. The molecule has 1 N–H and O–H groups in total. The van der Waals surface area contributed by atoms with E-state index in [0.29, 0.717) is 0 Å². The molecule has 0 bridgehead atoms. The molecule has 0 spiro atoms. The molecule has 0 atom stereocenters. The van der Waals surface area contributed by atoms with E-state index in [1.165, 1.54) is 5.56 Å². The first-order chi connectivity index (χ1) is 8.78. The summed E-state index contributed by atoms with van der Waals surface area (Å²) in [5.74, 6) is 0.883. The van der Waals surface area contributed by atoms with Crippen LogP contribution in [0.3, 0.4) is 0 Å². The van der Waals surface area contributed by atoms with Gasteiger partial charge in [-0.1, -0.05) is 12.1 Å². The number of halogens is 1. The van der Waals surface area contributed by atoms with Crippen LogP contribution in [0.25, 0.3) is 0 Å². The maximum atomic E-state index is 5.12. The Morgan fingerprint density at radius 1 is 1.11 bits per heavy atom. The van der Waals surface area contributed by atoms with E-state index in [4.69, 9.17) is 4.74 Å². The van der Waals surface area contributed by atoms with Gasteiger partial charge in [-0.15, -0.1) is 0 Å². The molecule has 0 unspecified atom stereocenters. The molecular weight excluding hydrogens is 292 g/mol. The molecule has 0 amide bonds. The van der Waals surface area contributed by atoms with Crippen molar-refractivity contribution in [3.8, 4) is 5.75 Å². The fourth-order valence-corrected chi connectivity index (χ4v) is 1.82. The number of aromatic nitrogens is 1. The van der Waals surface area contributed by atoms with Gasteiger partial charge in [-0.25, -0.2) is 0 Å². The molecule has 0 radical (unpaired) electrons. The molecule has 3 nitrogen and oxygen atoms in total. The molecular formula is C14H15BrN2O. The average Bonchev–Trinajstić information content (AvgIpc) is 2.42. The topological polar surface area (TPSA) is 34.1 Å². The van der Waals surface area contributed by atoms with E-state index >= 15 is 0 Å². The predicted octanol–water partition coefficient (Wildman–Crippen LogP) is 3.14. The first-order valence-corrected chi connectivity index (χ1v) is 6.51. The minimum absolute atomic E-state index is 0.763. The standard InChI is InChI=1S/C14H15BrN2O/c1-18-14-6-2-11(3-7-14)8-16-10-13-5-4-12(15)9-17-13/h2-7,9,16H,8,10H2,1H3. The smallest absolute Gasteiger partial charge is 0.118 e. The molecule has 94 valence electrons. The van der Waals surface area contributed by atoms with Crippen molar-refractivity contribution in [2.75, 3.05) is 7.11 Å². The Morgan fingerprint density at radius 3 is 2.50 bits per heavy atom. The normalized spacial score (nSPS) is 10.3. The molecule has 0 saturated carbocycles. The lowest BCUT2D eigenvalue weighted by Crippen LogP contribution is -2.13. The van der Waals surface area contributed by atoms with E-state index in [1.54, 1.807) is 7.11 Å². The van der Waals surface area contributed by atoms with Crippen molar-refractivity contribution in [3.63, 3.8) is 0 Å². The largest absolute Gasteiger partial charge is 0.497 e. The molecule has 1 aromatic heterocycles. The van der Waals surface area contributed by atoms with E-state index in [1.807, 2.05) is 30.5 Å². The molecule has 1 aromatic carbocycles. The van der Waals surface area contributed by atoms with Crippen molar-refractivity contribution in [1.82, 2.24) is 10.3 Å². The van der Waals surface area contributed by atoms with Crippen molar-refractivity contribution < 1.29 is 4.74 Å². The number of hydrogen-bond acceptors (Lipinski definition) is 3. The van der Waals surface area contributed by atoms with Gasteiger partial charge in [-0.05, 0) is 45.8 Å². The van der Waals surface area contributed by atoms with Crippen LogP contribution in [0.15, 0.2) is 47.1 Å². The van der Waals surface area contributed by atoms with Gasteiger partial charge in [0.05, 0.1) is 12.8 Å². The van der Waals surface area contributed by atoms with Crippen LogP contribution in [0.4, 0.5) is 0 Å². The fraction of sp³-hybridized carbons (Fsp3) is 0.214. The Morgan fingerprint density at radius 2 is 1.89 bits per heavy atom. The Hall–Kier alpha value is -1.39. The highest BCUT2D eigenvalue weighted by Crippen LogP contribution is 2.11. The van der Waals surface area contributed by atoms with Crippen LogP contribution in [0.2, 0.25) is 0 Å². The van der Waals surface area contributed by atoms with E-state index in [9.17, 15) is 0 Å². The summed E-state index contributed by atoms with van der Waals surface area (Å²) in [6, 6.07) is 12.0. The SMILES string of the molecule is COc1ccc(CNCc2ccc(Br)cn2)cc1. The van der Waals surface area contributed by atoms with Crippen LogP contribution in [0.5, 0.6) is 5.75 Å². The van der Waals surface area contributed by atoms with Gasteiger partial charge < -0.3 is 10.1 Å². The highest BCUT2D eigenvalue weighted by molar-refractivity contribution is 9.10. The second-order valence-electron chi connectivity index (χ2n) is 3.92. The zero-order valence-corrected chi connectivity index (χ0v) is 11.8. The summed E-state index contributed by atoms with van der Waals surface area (Å²) >= 11 is 3.37. The quantitative estimate of drug-likeness (QED) is 0.921. The van der Waals surface area contributed by atoms with Crippen LogP contribution in [0.1, 0.15) is 11.3 Å². The summed E-state index contributed by atoms with van der Waals surface area (Å²) in [5, 5.41) is 3.36. The lowest BCUT2D eigenvalue weighted by molar-refractivity contribution is 0.414. The van der Waals surface area contributed by atoms with Crippen molar-refractivity contribution in [2.45, 2.75) is 13.1 Å². The average molecular weight is 307 g/mol. The highest BCUT2D eigenvalue weighted by Gasteiger charge is 1.96. The van der Waals surface area contributed by atoms with Gasteiger partial charge in [0.1, 0.15) is 5.75 Å². The summed E-state index contributed by atoms with van der Waals surface area (Å²) < 4.78 is 6.12. The third-order valence-electron chi connectivity index (χ3n) is 2.58. The number of benzene rings is 1. The van der Waals surface area contributed by atoms with Crippen LogP contribution in [-0.2, 0) is 13.1 Å². The zero-order chi connectivity index (χ0) is 12.8. The van der Waals surface area contributed by atoms with Gasteiger partial charge in [0.2, 0.25) is 0 Å². The summed E-state index contributed by atoms with van der Waals surface area (Å²) in [6.07, 6.45) is 1.81. The van der Waals surface area contributed by atoms with Crippen LogP contribution < -0.4 is 10.1 Å². The molecule has 0 aliphatic carbocycles. The summed E-state index contributed by atoms with van der Waals surface area (Å²) in [4.78, 5) is 4.31. The van der Waals surface area contributed by atoms with Crippen LogP contribution in [-0.4, -0.2) is 12.1 Å². The van der Waals surface area contributed by atoms with E-state index in [-0.39, 0.29) is 0 Å². The lowest BCUT2D eigenvalue weighted by atomic mass is 10.2. The van der Waals surface area contributed by atoms with Gasteiger partial charge >= 0.3 is 0 Å². The van der Waals surface area contributed by atoms with Crippen LogP contribution in [0, 0.1) is 0 Å². The maximum Gasteiger partial charge on any atom is 0.118 e. The Labute approximate surface area is 115 Å². The summed E-state index contributed by atoms with van der Waals surface area (Å²) in [6.45, 7) is 1.58. The second-order valence-corrected chi connectivity index (χ2v) is 4.84. The number of hydrogen-bond donors (Lipinski definition) is 1. The predicted molar refractivity (Wildman–Crippen MR) is 75.5 cm³/mol. The molecule has 0 aliphatic rings. The number of rotatable bonds is 5. The maximum absolute atomic E-state index is 5.12. The van der Waals surface area contributed by atoms with E-state index < -0.39 is 0 Å². The van der Waals surface area contributed by atoms with Crippen molar-refractivity contribution in [2.24, 2.45) is 0 Å². The fourth-order valence-electron chi connectivity index (χ4n) is 1.59. The lowest BCUT2D eigenvalue weighted by Gasteiger charge is -2.05. The van der Waals surface area contributed by atoms with Crippen molar-refractivity contribution in [1.29, 1.82) is 0 Å². The Bertz CT molecular complexity index is 482. The van der Waals surface area contributed by atoms with Crippen molar-refractivity contribution in [3.05, 3.63) is 58.3 Å². The van der Waals surface area contributed by atoms with E-state index in [0.717, 1.165) is 29.0 Å². The number of pyridine rings is 1. The van der Waals surface area contributed by atoms with E-state index in [2.05, 4.69) is 38.4 Å². The molecule has 0 fully saturated rings. The molecule has 0 saturated heterocycles. The molecule has 4 heteroatoms. The molecule has 0 aliphatic heterocycles. The molecule has 18 heavy (non-hydrogen) atoms. The first kappa shape index (κ1) is 13.1. The zero-order valence-electron chi connectivity index (χ0n) is 10.2. The minimum atomic E-state index is 0.763. The number of ether oxygens (including phenoxy) is 1. The second kappa shape index (κ2) is 6.52. The minimum Gasteiger partial charge on any atom is -0.497 e. The monoisotopic (exact) mass is 306 g/mol. The first-order valence-electron chi connectivity index (χ1n) is 5.72. The van der Waals surface area contributed by atoms with Gasteiger partial charge in [0.15, 0.2) is 0 Å². The van der Waals surface area contributed by atoms with Gasteiger partial charge in [0.25, 0.3) is 0 Å². The van der Waals surface area contributed by atoms with Crippen molar-refractivity contribution >= 4 is 15.9 Å². The van der Waals surface area contributed by atoms with Crippen LogP contribution >= 0.6 is 15.9 Å². The Kier molecular flexibility index (Phi) is 4.73. The third-order valence-corrected chi connectivity index (χ3v) is 3.05. The van der Waals surface area contributed by atoms with Gasteiger partial charge in [0, 0.05) is 23.8 Å². The number of nitrogens with zero attached hydrogens (tertiary/aromatic N) is 1. The number of nitrogens with one attached hydrogen (secondary N) is 1.